The molecule has 1 aromatic heterocycles. The fourth-order valence-corrected chi connectivity index (χ4v) is 1.73. The number of anilines is 1. The van der Waals surface area contributed by atoms with Crippen molar-refractivity contribution in [2.24, 2.45) is 0 Å². The quantitative estimate of drug-likeness (QED) is 0.674. The van der Waals surface area contributed by atoms with Crippen molar-refractivity contribution < 1.29 is 9.53 Å². The molecule has 0 radical (unpaired) electrons. The van der Waals surface area contributed by atoms with Gasteiger partial charge >= 0.3 is 5.97 Å². The highest BCUT2D eigenvalue weighted by Crippen LogP contribution is 2.15. The van der Waals surface area contributed by atoms with Gasteiger partial charge in [0.1, 0.15) is 6.61 Å². The molecule has 2 N–H and O–H groups in total. The maximum absolute atomic E-state index is 11.9. The topological polar surface area (TPSA) is 70.1 Å². The minimum atomic E-state index is -0.412. The van der Waals surface area contributed by atoms with E-state index < -0.39 is 5.97 Å². The smallest absolute Gasteiger partial charge is 0.340 e. The number of ether oxygens (including phenoxy) is 1. The SMILES string of the molecule is CCn1cc(COC(=O)c2cc(C)ccc2N)cn1. The summed E-state index contributed by atoms with van der Waals surface area (Å²) in [6.07, 6.45) is 3.54. The first kappa shape index (κ1) is 13.1. The molecule has 0 atom stereocenters. The van der Waals surface area contributed by atoms with Gasteiger partial charge in [-0.2, -0.15) is 5.10 Å². The van der Waals surface area contributed by atoms with Crippen LogP contribution in [-0.4, -0.2) is 15.7 Å². The van der Waals surface area contributed by atoms with Crippen LogP contribution in [-0.2, 0) is 17.9 Å². The van der Waals surface area contributed by atoms with Gasteiger partial charge in [0.2, 0.25) is 0 Å². The molecule has 100 valence electrons. The lowest BCUT2D eigenvalue weighted by atomic mass is 10.1. The molecule has 1 heterocycles. The summed E-state index contributed by atoms with van der Waals surface area (Å²) in [5, 5.41) is 4.12. The Bertz CT molecular complexity index is 590. The van der Waals surface area contributed by atoms with Gasteiger partial charge in [-0.15, -0.1) is 0 Å². The van der Waals surface area contributed by atoms with E-state index in [1.54, 1.807) is 23.0 Å². The number of carbonyl (C=O) groups excluding carboxylic acids is 1. The first-order valence-electron chi connectivity index (χ1n) is 6.14. The molecular formula is C14H17N3O2. The van der Waals surface area contributed by atoms with Crippen molar-refractivity contribution in [2.45, 2.75) is 27.0 Å². The summed E-state index contributed by atoms with van der Waals surface area (Å²) in [4.78, 5) is 11.9. The number of aromatic nitrogens is 2. The summed E-state index contributed by atoms with van der Waals surface area (Å²) in [5.74, 6) is -0.412. The second kappa shape index (κ2) is 5.56. The van der Waals surface area contributed by atoms with Crippen LogP contribution < -0.4 is 5.73 Å². The zero-order valence-electron chi connectivity index (χ0n) is 11.1. The van der Waals surface area contributed by atoms with E-state index in [-0.39, 0.29) is 6.61 Å². The summed E-state index contributed by atoms with van der Waals surface area (Å²) in [7, 11) is 0. The molecule has 0 fully saturated rings. The molecule has 2 aromatic rings. The van der Waals surface area contributed by atoms with Crippen molar-refractivity contribution in [3.05, 3.63) is 47.3 Å². The fraction of sp³-hybridized carbons (Fsp3) is 0.286. The third kappa shape index (κ3) is 3.13. The van der Waals surface area contributed by atoms with E-state index in [1.165, 1.54) is 0 Å². The predicted molar refractivity (Wildman–Crippen MR) is 72.6 cm³/mol. The lowest BCUT2D eigenvalue weighted by Gasteiger charge is -2.06. The van der Waals surface area contributed by atoms with Crippen LogP contribution in [0.25, 0.3) is 0 Å². The number of rotatable bonds is 4. The average Bonchev–Trinajstić information content (AvgIpc) is 2.87. The minimum Gasteiger partial charge on any atom is -0.457 e. The highest BCUT2D eigenvalue weighted by atomic mass is 16.5. The molecular weight excluding hydrogens is 242 g/mol. The van der Waals surface area contributed by atoms with E-state index in [2.05, 4.69) is 5.10 Å². The van der Waals surface area contributed by atoms with Gasteiger partial charge in [-0.3, -0.25) is 4.68 Å². The van der Waals surface area contributed by atoms with Crippen LogP contribution in [0.15, 0.2) is 30.6 Å². The number of carbonyl (C=O) groups is 1. The maximum Gasteiger partial charge on any atom is 0.340 e. The number of esters is 1. The molecule has 0 saturated carbocycles. The van der Waals surface area contributed by atoms with Crippen LogP contribution in [0.5, 0.6) is 0 Å². The fourth-order valence-electron chi connectivity index (χ4n) is 1.73. The molecule has 2 rings (SSSR count). The van der Waals surface area contributed by atoms with Crippen molar-refractivity contribution in [3.63, 3.8) is 0 Å². The number of hydrogen-bond acceptors (Lipinski definition) is 4. The van der Waals surface area contributed by atoms with E-state index in [4.69, 9.17) is 10.5 Å². The number of benzene rings is 1. The summed E-state index contributed by atoms with van der Waals surface area (Å²) >= 11 is 0. The first-order valence-corrected chi connectivity index (χ1v) is 6.14. The Morgan fingerprint density at radius 3 is 2.95 bits per heavy atom. The predicted octanol–water partition coefficient (Wildman–Crippen LogP) is 2.15. The standard InChI is InChI=1S/C14H17N3O2/c1-3-17-8-11(7-16-17)9-19-14(18)12-6-10(2)4-5-13(12)15/h4-8H,3,9,15H2,1-2H3. The Morgan fingerprint density at radius 2 is 2.26 bits per heavy atom. The molecule has 1 aromatic carbocycles. The molecule has 0 unspecified atom stereocenters. The monoisotopic (exact) mass is 259 g/mol. The van der Waals surface area contributed by atoms with Gasteiger partial charge in [-0.1, -0.05) is 11.6 Å². The van der Waals surface area contributed by atoms with E-state index in [9.17, 15) is 4.79 Å². The largest absolute Gasteiger partial charge is 0.457 e. The lowest BCUT2D eigenvalue weighted by Crippen LogP contribution is -2.08. The van der Waals surface area contributed by atoms with E-state index in [1.807, 2.05) is 26.1 Å². The summed E-state index contributed by atoms with van der Waals surface area (Å²) in [5.41, 5.74) is 8.44. The molecule has 0 aliphatic carbocycles. The Labute approximate surface area is 112 Å². The van der Waals surface area contributed by atoms with E-state index in [0.717, 1.165) is 17.7 Å². The molecule has 0 bridgehead atoms. The maximum atomic E-state index is 11.9. The highest BCUT2D eigenvalue weighted by Gasteiger charge is 2.12. The Morgan fingerprint density at radius 1 is 1.47 bits per heavy atom. The summed E-state index contributed by atoms with van der Waals surface area (Å²) in [6.45, 7) is 4.89. The Hall–Kier alpha value is -2.30. The van der Waals surface area contributed by atoms with Gasteiger partial charge in [0, 0.05) is 24.0 Å². The molecule has 0 amide bonds. The van der Waals surface area contributed by atoms with Crippen LogP contribution in [0.4, 0.5) is 5.69 Å². The van der Waals surface area contributed by atoms with Gasteiger partial charge in [0.15, 0.2) is 0 Å². The van der Waals surface area contributed by atoms with Crippen LogP contribution in [0.2, 0.25) is 0 Å². The molecule has 0 aliphatic heterocycles. The molecule has 5 heteroatoms. The van der Waals surface area contributed by atoms with Gasteiger partial charge in [0.05, 0.1) is 11.8 Å². The second-order valence-electron chi connectivity index (χ2n) is 4.37. The van der Waals surface area contributed by atoms with Crippen molar-refractivity contribution in [1.29, 1.82) is 0 Å². The van der Waals surface area contributed by atoms with Crippen LogP contribution in [0, 0.1) is 6.92 Å². The second-order valence-corrected chi connectivity index (χ2v) is 4.37. The normalized spacial score (nSPS) is 10.4. The summed E-state index contributed by atoms with van der Waals surface area (Å²) in [6, 6.07) is 5.30. The number of nitrogens with zero attached hydrogens (tertiary/aromatic N) is 2. The van der Waals surface area contributed by atoms with E-state index >= 15 is 0 Å². The molecule has 5 nitrogen and oxygen atoms in total. The zero-order valence-corrected chi connectivity index (χ0v) is 11.1. The Balaban J connectivity index is 2.03. The van der Waals surface area contributed by atoms with Crippen molar-refractivity contribution in [3.8, 4) is 0 Å². The van der Waals surface area contributed by atoms with Gasteiger partial charge < -0.3 is 10.5 Å². The molecule has 0 spiro atoms. The van der Waals surface area contributed by atoms with Crippen LogP contribution in [0.3, 0.4) is 0 Å². The summed E-state index contributed by atoms with van der Waals surface area (Å²) < 4.78 is 7.02. The highest BCUT2D eigenvalue weighted by molar-refractivity contribution is 5.95. The third-order valence-electron chi connectivity index (χ3n) is 2.81. The lowest BCUT2D eigenvalue weighted by molar-refractivity contribution is 0.0474. The van der Waals surface area contributed by atoms with Crippen LogP contribution >= 0.6 is 0 Å². The first-order chi connectivity index (χ1) is 9.10. The van der Waals surface area contributed by atoms with Gasteiger partial charge in [-0.05, 0) is 26.0 Å². The van der Waals surface area contributed by atoms with Crippen molar-refractivity contribution in [1.82, 2.24) is 9.78 Å². The minimum absolute atomic E-state index is 0.201. The van der Waals surface area contributed by atoms with E-state index in [0.29, 0.717) is 11.3 Å². The number of hydrogen-bond donors (Lipinski definition) is 1. The molecule has 0 saturated heterocycles. The number of nitrogen functional groups attached to an aromatic ring is 1. The van der Waals surface area contributed by atoms with Crippen LogP contribution in [0.1, 0.15) is 28.4 Å². The molecule has 19 heavy (non-hydrogen) atoms. The van der Waals surface area contributed by atoms with Gasteiger partial charge in [-0.25, -0.2) is 4.79 Å². The third-order valence-corrected chi connectivity index (χ3v) is 2.81. The Kier molecular flexibility index (Phi) is 3.85. The zero-order chi connectivity index (χ0) is 13.8. The van der Waals surface area contributed by atoms with Gasteiger partial charge in [0.25, 0.3) is 0 Å². The number of aryl methyl sites for hydroxylation is 2. The number of nitrogens with two attached hydrogens (primary N) is 1. The van der Waals surface area contributed by atoms with Crippen molar-refractivity contribution >= 4 is 11.7 Å². The molecule has 0 aliphatic rings. The average molecular weight is 259 g/mol. The van der Waals surface area contributed by atoms with Crippen molar-refractivity contribution in [2.75, 3.05) is 5.73 Å².